The molecule has 26 heteroatoms. The molecule has 0 saturated carbocycles. The first kappa shape index (κ1) is 67.9. The maximum absolute atomic E-state index is 14.4. The Hall–Kier alpha value is -6.22. The molecule has 2 rings (SSSR count). The van der Waals surface area contributed by atoms with Crippen LogP contribution in [0, 0.1) is 11.8 Å². The molecule has 1 fully saturated rings. The Labute approximate surface area is 459 Å². The zero-order valence-electron chi connectivity index (χ0n) is 46.0. The monoisotopic (exact) mass is 1100 g/mol. The van der Waals surface area contributed by atoms with Crippen LogP contribution in [0.25, 0.3) is 0 Å². The van der Waals surface area contributed by atoms with E-state index in [1.807, 2.05) is 0 Å². The van der Waals surface area contributed by atoms with Crippen LogP contribution in [0.5, 0.6) is 0 Å². The molecule has 8 atom stereocenters. The van der Waals surface area contributed by atoms with Gasteiger partial charge in [0.15, 0.2) is 5.96 Å². The molecule has 26 nitrogen and oxygen atoms in total. The zero-order valence-corrected chi connectivity index (χ0v) is 46.0. The number of nitrogens with two attached hydrogens (primary N) is 7. The van der Waals surface area contributed by atoms with Crippen molar-refractivity contribution in [2.45, 2.75) is 184 Å². The number of unbranched alkanes of at least 4 members (excludes halogenated alkanes) is 5. The summed E-state index contributed by atoms with van der Waals surface area (Å²) in [4.78, 5) is 130. The maximum atomic E-state index is 14.4. The fourth-order valence-corrected chi connectivity index (χ4v) is 9.07. The molecule has 0 aromatic carbocycles. The summed E-state index contributed by atoms with van der Waals surface area (Å²) >= 11 is 0. The van der Waals surface area contributed by atoms with E-state index in [0.717, 1.165) is 0 Å². The largest absolute Gasteiger partial charge is 0.480 e. The van der Waals surface area contributed by atoms with Crippen LogP contribution in [0.1, 0.15) is 136 Å². The predicted octanol–water partition coefficient (Wildman–Crippen LogP) is -2.45. The highest BCUT2D eigenvalue weighted by Crippen LogP contribution is 2.22. The van der Waals surface area contributed by atoms with E-state index in [1.54, 1.807) is 38.2 Å². The number of hydrogen-bond acceptors (Lipinski definition) is 15. The van der Waals surface area contributed by atoms with Crippen molar-refractivity contribution in [2.24, 2.45) is 57.0 Å². The minimum absolute atomic E-state index is 0.0253. The van der Waals surface area contributed by atoms with Gasteiger partial charge in [-0.3, -0.25) is 43.3 Å². The van der Waals surface area contributed by atoms with Crippen LogP contribution in [-0.2, 0) is 43.2 Å². The molecule has 0 radical (unpaired) electrons. The van der Waals surface area contributed by atoms with Crippen LogP contribution in [0.3, 0.4) is 0 Å². The van der Waals surface area contributed by atoms with Crippen LogP contribution < -0.4 is 77.4 Å². The van der Waals surface area contributed by atoms with Gasteiger partial charge in [0.1, 0.15) is 48.3 Å². The molecule has 1 aliphatic carbocycles. The number of carboxylic acid groups (broad SMARTS) is 1. The van der Waals surface area contributed by atoms with Crippen molar-refractivity contribution < 1.29 is 48.3 Å². The van der Waals surface area contributed by atoms with Gasteiger partial charge in [0.05, 0.1) is 5.92 Å². The molecule has 1 heterocycles. The third kappa shape index (κ3) is 25.1. The fraction of sp³-hybridized carbons (Fsp3) is 0.731. The minimum Gasteiger partial charge on any atom is -0.480 e. The zero-order chi connectivity index (χ0) is 58.0. The summed E-state index contributed by atoms with van der Waals surface area (Å²) in [6.45, 7) is 5.15. The summed E-state index contributed by atoms with van der Waals surface area (Å²) in [6.07, 6.45) is 13.4. The van der Waals surface area contributed by atoms with Gasteiger partial charge < -0.3 is 87.4 Å². The second kappa shape index (κ2) is 38.4. The Morgan fingerprint density at radius 3 is 1.24 bits per heavy atom. The van der Waals surface area contributed by atoms with E-state index in [0.29, 0.717) is 103 Å². The highest BCUT2D eigenvalue weighted by molar-refractivity contribution is 5.98. The third-order valence-corrected chi connectivity index (χ3v) is 13.6. The van der Waals surface area contributed by atoms with Crippen molar-refractivity contribution in [2.75, 3.05) is 45.8 Å². The number of aliphatic imine (C=N–C) groups is 1. The SMILES string of the molecule is CC(C)[C@H](NC(=O)[C@H](CCCCN)NC(=O)[C@H](CCCN=C(N)N)NC(=O)[C@H](CCCCN)NC(=O)[C@H](CCCCN)NC(=O)[C@H](CCCCN)NC(=O)[C@@H]1CCCN1C(=O)[C@H](CCCCN)NC(=O)C1C=CC=C1)C(=O)O. The van der Waals surface area contributed by atoms with E-state index in [9.17, 15) is 48.3 Å². The van der Waals surface area contributed by atoms with E-state index in [-0.39, 0.29) is 76.6 Å². The number of allylic oxidation sites excluding steroid dienone is 2. The van der Waals surface area contributed by atoms with Gasteiger partial charge in [-0.15, -0.1) is 0 Å². The lowest BCUT2D eigenvalue weighted by atomic mass is 10.0. The summed E-state index contributed by atoms with van der Waals surface area (Å²) in [5.41, 5.74) is 40.0. The average molecular weight is 1100 g/mol. The third-order valence-electron chi connectivity index (χ3n) is 13.6. The Balaban J connectivity index is 2.44. The van der Waals surface area contributed by atoms with E-state index < -0.39 is 107 Å². The lowest BCUT2D eigenvalue weighted by molar-refractivity contribution is -0.143. The van der Waals surface area contributed by atoms with Gasteiger partial charge in [-0.1, -0.05) is 38.2 Å². The molecule has 0 aromatic rings. The molecule has 0 unspecified atom stereocenters. The first-order chi connectivity index (χ1) is 37.3. The van der Waals surface area contributed by atoms with Crippen LogP contribution in [-0.4, -0.2) is 163 Å². The number of nitrogens with one attached hydrogen (secondary N) is 7. The van der Waals surface area contributed by atoms with E-state index in [2.05, 4.69) is 42.2 Å². The van der Waals surface area contributed by atoms with E-state index >= 15 is 0 Å². The van der Waals surface area contributed by atoms with Crippen LogP contribution in [0.2, 0.25) is 0 Å². The maximum Gasteiger partial charge on any atom is 0.326 e. The molecule has 22 N–H and O–H groups in total. The minimum atomic E-state index is -1.30. The number of likely N-dealkylation sites (tertiary alicyclic amines) is 1. The molecule has 0 spiro atoms. The van der Waals surface area contributed by atoms with Crippen molar-refractivity contribution in [3.05, 3.63) is 24.3 Å². The summed E-state index contributed by atoms with van der Waals surface area (Å²) in [6, 6.07) is -9.30. The van der Waals surface area contributed by atoms with Gasteiger partial charge in [0.2, 0.25) is 47.3 Å². The second-order valence-corrected chi connectivity index (χ2v) is 20.3. The summed E-state index contributed by atoms with van der Waals surface area (Å²) in [5.74, 6) is -7.52. The number of carbonyl (C=O) groups excluding carboxylic acids is 8. The fourth-order valence-electron chi connectivity index (χ4n) is 9.07. The van der Waals surface area contributed by atoms with Gasteiger partial charge in [0.25, 0.3) is 0 Å². The summed E-state index contributed by atoms with van der Waals surface area (Å²) in [5, 5.41) is 29.0. The number of amides is 8. The Morgan fingerprint density at radius 2 is 0.872 bits per heavy atom. The summed E-state index contributed by atoms with van der Waals surface area (Å²) in [7, 11) is 0. The first-order valence-electron chi connectivity index (χ1n) is 27.9. The number of rotatable bonds is 41. The topological polar surface area (TPSA) is 456 Å². The van der Waals surface area contributed by atoms with Crippen molar-refractivity contribution in [1.29, 1.82) is 0 Å². The normalized spacial score (nSPS) is 16.7. The smallest absolute Gasteiger partial charge is 0.326 e. The summed E-state index contributed by atoms with van der Waals surface area (Å²) < 4.78 is 0. The molecule has 0 aromatic heterocycles. The molecular weight excluding hydrogens is 1010 g/mol. The quantitative estimate of drug-likeness (QED) is 0.0172. The molecule has 2 aliphatic rings. The van der Waals surface area contributed by atoms with Crippen molar-refractivity contribution in [1.82, 2.24) is 42.1 Å². The van der Waals surface area contributed by atoms with E-state index in [4.69, 9.17) is 40.1 Å². The van der Waals surface area contributed by atoms with Crippen LogP contribution >= 0.6 is 0 Å². The highest BCUT2D eigenvalue weighted by Gasteiger charge is 2.40. The highest BCUT2D eigenvalue weighted by atomic mass is 16.4. The lowest BCUT2D eigenvalue weighted by Gasteiger charge is -2.30. The average Bonchev–Trinajstić information content (AvgIpc) is 4.15. The molecule has 442 valence electrons. The molecule has 1 aliphatic heterocycles. The molecule has 1 saturated heterocycles. The number of aliphatic carboxylic acids is 1. The molecular formula is C52H94N16O10. The Bertz CT molecular complexity index is 1990. The number of carbonyl (C=O) groups is 9. The number of hydrogen-bond donors (Lipinski definition) is 15. The number of guanidine groups is 1. The van der Waals surface area contributed by atoms with Gasteiger partial charge >= 0.3 is 5.97 Å². The number of nitrogens with zero attached hydrogens (tertiary/aromatic N) is 2. The Morgan fingerprint density at radius 1 is 0.513 bits per heavy atom. The lowest BCUT2D eigenvalue weighted by Crippen LogP contribution is -2.60. The van der Waals surface area contributed by atoms with Crippen LogP contribution in [0.4, 0.5) is 0 Å². The molecule has 78 heavy (non-hydrogen) atoms. The van der Waals surface area contributed by atoms with E-state index in [1.165, 1.54) is 4.90 Å². The predicted molar refractivity (Wildman–Crippen MR) is 297 cm³/mol. The van der Waals surface area contributed by atoms with Gasteiger partial charge in [-0.2, -0.15) is 0 Å². The van der Waals surface area contributed by atoms with Gasteiger partial charge in [-0.05, 0) is 161 Å². The van der Waals surface area contributed by atoms with Crippen molar-refractivity contribution >= 4 is 59.2 Å². The second-order valence-electron chi connectivity index (χ2n) is 20.3. The Kier molecular flexibility index (Phi) is 33.4. The van der Waals surface area contributed by atoms with Crippen molar-refractivity contribution in [3.63, 3.8) is 0 Å². The first-order valence-corrected chi connectivity index (χ1v) is 27.9. The standard InChI is InChI=1S/C52H94N16O10/c1-33(2)42(51(77)78)67-48(74)38(22-8-13-29-56)63-47(73)39(24-15-31-60-52(58)59)64-45(71)36(20-6-11-27-54)61-44(70)35(19-5-10-26-53)62-46(72)37(21-7-12-28-55)65-49(75)41-25-16-32-68(41)50(76)40(23-9-14-30-57)66-43(69)34-17-3-4-18-34/h3-4,17-18,33-42H,5-16,19-32,53-57H2,1-2H3,(H,61,70)(H,62,72)(H,63,73)(H,64,71)(H,65,75)(H,66,69)(H,67,74)(H,77,78)(H4,58,59,60)/t35-,36-,37-,38-,39-,40-,41-,42-/m0/s1. The number of carboxylic acids is 1. The van der Waals surface area contributed by atoms with Crippen molar-refractivity contribution in [3.8, 4) is 0 Å². The molecule has 8 amide bonds. The van der Waals surface area contributed by atoms with Gasteiger partial charge in [0, 0.05) is 13.1 Å². The molecule has 0 bridgehead atoms. The van der Waals surface area contributed by atoms with Crippen LogP contribution in [0.15, 0.2) is 29.3 Å². The van der Waals surface area contributed by atoms with Gasteiger partial charge in [-0.25, -0.2) is 4.79 Å².